The Labute approximate surface area is 117 Å². The molecule has 1 aromatic heterocycles. The predicted octanol–water partition coefficient (Wildman–Crippen LogP) is 2.23. The van der Waals surface area contributed by atoms with E-state index in [0.717, 1.165) is 12.3 Å². The van der Waals surface area contributed by atoms with E-state index in [4.69, 9.17) is 4.52 Å². The van der Waals surface area contributed by atoms with E-state index in [-0.39, 0.29) is 11.3 Å². The standard InChI is InChI=1S/C13H19N3O2S/c1-19-8-10-14-11(18-15-10)7-16-9-13(6-12(16)17)4-2-3-5-13/h2-9H2,1H3. The lowest BCUT2D eigenvalue weighted by molar-refractivity contribution is -0.128. The highest BCUT2D eigenvalue weighted by molar-refractivity contribution is 7.97. The van der Waals surface area contributed by atoms with E-state index in [0.29, 0.717) is 24.7 Å². The molecule has 0 aromatic carbocycles. The number of carbonyl (C=O) groups excluding carboxylic acids is 1. The molecule has 0 radical (unpaired) electrons. The van der Waals surface area contributed by atoms with Crippen LogP contribution in [0.1, 0.15) is 43.8 Å². The third kappa shape index (κ3) is 2.63. The van der Waals surface area contributed by atoms with E-state index in [1.165, 1.54) is 25.7 Å². The quantitative estimate of drug-likeness (QED) is 0.847. The van der Waals surface area contributed by atoms with Crippen LogP contribution in [-0.2, 0) is 17.1 Å². The van der Waals surface area contributed by atoms with Gasteiger partial charge in [0.15, 0.2) is 5.82 Å². The average Bonchev–Trinajstić information content (AvgIpc) is 3.05. The van der Waals surface area contributed by atoms with Crippen molar-refractivity contribution in [2.75, 3.05) is 12.8 Å². The summed E-state index contributed by atoms with van der Waals surface area (Å²) in [6.07, 6.45) is 7.62. The summed E-state index contributed by atoms with van der Waals surface area (Å²) in [5, 5.41) is 3.92. The summed E-state index contributed by atoms with van der Waals surface area (Å²) in [4.78, 5) is 18.3. The third-order valence-electron chi connectivity index (χ3n) is 4.18. The molecule has 1 aliphatic heterocycles. The minimum Gasteiger partial charge on any atom is -0.337 e. The largest absolute Gasteiger partial charge is 0.337 e. The van der Waals surface area contributed by atoms with Gasteiger partial charge in [0, 0.05) is 13.0 Å². The van der Waals surface area contributed by atoms with Crippen molar-refractivity contribution in [2.45, 2.75) is 44.4 Å². The minimum absolute atomic E-state index is 0.242. The van der Waals surface area contributed by atoms with Gasteiger partial charge in [0.2, 0.25) is 11.8 Å². The SMILES string of the molecule is CSCc1noc(CN2CC3(CCCC3)CC2=O)n1. The fourth-order valence-electron chi connectivity index (χ4n) is 3.29. The lowest BCUT2D eigenvalue weighted by Crippen LogP contribution is -2.27. The highest BCUT2D eigenvalue weighted by atomic mass is 32.2. The second-order valence-corrected chi connectivity index (χ2v) is 6.54. The molecule has 0 N–H and O–H groups in total. The number of amides is 1. The summed E-state index contributed by atoms with van der Waals surface area (Å²) < 4.78 is 5.21. The predicted molar refractivity (Wildman–Crippen MR) is 72.5 cm³/mol. The number of thioether (sulfide) groups is 1. The first-order valence-corrected chi connectivity index (χ1v) is 8.18. The summed E-state index contributed by atoms with van der Waals surface area (Å²) in [6.45, 7) is 1.34. The lowest BCUT2D eigenvalue weighted by atomic mass is 9.85. The smallest absolute Gasteiger partial charge is 0.246 e. The normalized spacial score (nSPS) is 21.7. The van der Waals surface area contributed by atoms with Gasteiger partial charge in [-0.2, -0.15) is 16.7 Å². The number of carbonyl (C=O) groups is 1. The first-order valence-electron chi connectivity index (χ1n) is 6.79. The van der Waals surface area contributed by atoms with Gasteiger partial charge in [-0.1, -0.05) is 18.0 Å². The first kappa shape index (κ1) is 13.0. The summed E-state index contributed by atoms with van der Waals surface area (Å²) in [5.74, 6) is 2.27. The van der Waals surface area contributed by atoms with E-state index >= 15 is 0 Å². The van der Waals surface area contributed by atoms with Crippen LogP contribution >= 0.6 is 11.8 Å². The van der Waals surface area contributed by atoms with Crippen molar-refractivity contribution < 1.29 is 9.32 Å². The van der Waals surface area contributed by atoms with Crippen molar-refractivity contribution in [2.24, 2.45) is 5.41 Å². The Kier molecular flexibility index (Phi) is 3.52. The molecule has 2 fully saturated rings. The van der Waals surface area contributed by atoms with Gasteiger partial charge in [0.25, 0.3) is 0 Å². The van der Waals surface area contributed by atoms with Crippen LogP contribution in [0.5, 0.6) is 0 Å². The van der Waals surface area contributed by atoms with E-state index in [9.17, 15) is 4.79 Å². The van der Waals surface area contributed by atoms with Gasteiger partial charge in [-0.05, 0) is 24.5 Å². The molecule has 104 valence electrons. The van der Waals surface area contributed by atoms with Gasteiger partial charge in [0.1, 0.15) is 0 Å². The van der Waals surface area contributed by atoms with Crippen molar-refractivity contribution >= 4 is 17.7 Å². The number of likely N-dealkylation sites (tertiary alicyclic amines) is 1. The topological polar surface area (TPSA) is 59.2 Å². The zero-order valence-electron chi connectivity index (χ0n) is 11.2. The van der Waals surface area contributed by atoms with Crippen LogP contribution in [0.3, 0.4) is 0 Å². The molecule has 1 aliphatic carbocycles. The van der Waals surface area contributed by atoms with Gasteiger partial charge in [-0.25, -0.2) is 0 Å². The van der Waals surface area contributed by atoms with Crippen LogP contribution in [0.4, 0.5) is 0 Å². The minimum atomic E-state index is 0.242. The van der Waals surface area contributed by atoms with Crippen LogP contribution < -0.4 is 0 Å². The molecule has 6 heteroatoms. The molecule has 3 rings (SSSR count). The summed E-state index contributed by atoms with van der Waals surface area (Å²) in [6, 6.07) is 0. The molecule has 0 atom stereocenters. The van der Waals surface area contributed by atoms with E-state index in [1.807, 2.05) is 11.2 Å². The van der Waals surface area contributed by atoms with Gasteiger partial charge in [0.05, 0.1) is 12.3 Å². The van der Waals surface area contributed by atoms with Crippen molar-refractivity contribution in [1.29, 1.82) is 0 Å². The number of aromatic nitrogens is 2. The lowest BCUT2D eigenvalue weighted by Gasteiger charge is -2.21. The number of hydrogen-bond donors (Lipinski definition) is 0. The number of nitrogens with zero attached hydrogens (tertiary/aromatic N) is 3. The van der Waals surface area contributed by atoms with Gasteiger partial charge >= 0.3 is 0 Å². The molecule has 1 spiro atoms. The molecule has 1 amide bonds. The molecule has 1 saturated heterocycles. The van der Waals surface area contributed by atoms with Crippen LogP contribution in [0.15, 0.2) is 4.52 Å². The molecule has 2 heterocycles. The van der Waals surface area contributed by atoms with Gasteiger partial charge < -0.3 is 9.42 Å². The number of hydrogen-bond acceptors (Lipinski definition) is 5. The zero-order valence-corrected chi connectivity index (χ0v) is 12.0. The Morgan fingerprint density at radius 3 is 2.95 bits per heavy atom. The molecule has 0 bridgehead atoms. The highest BCUT2D eigenvalue weighted by Crippen LogP contribution is 2.46. The molecule has 2 aliphatic rings. The molecular formula is C13H19N3O2S. The van der Waals surface area contributed by atoms with Crippen LogP contribution in [0.25, 0.3) is 0 Å². The maximum atomic E-state index is 12.1. The summed E-state index contributed by atoms with van der Waals surface area (Å²) >= 11 is 1.66. The van der Waals surface area contributed by atoms with Gasteiger partial charge in [-0.3, -0.25) is 4.79 Å². The Hall–Kier alpha value is -1.04. The monoisotopic (exact) mass is 281 g/mol. The van der Waals surface area contributed by atoms with Crippen LogP contribution in [0, 0.1) is 5.41 Å². The van der Waals surface area contributed by atoms with E-state index < -0.39 is 0 Å². The average molecular weight is 281 g/mol. The maximum Gasteiger partial charge on any atom is 0.246 e. The van der Waals surface area contributed by atoms with Crippen molar-refractivity contribution in [3.8, 4) is 0 Å². The molecular weight excluding hydrogens is 262 g/mol. The van der Waals surface area contributed by atoms with E-state index in [1.54, 1.807) is 11.8 Å². The first-order chi connectivity index (χ1) is 9.21. The van der Waals surface area contributed by atoms with Crippen molar-refractivity contribution in [3.05, 3.63) is 11.7 Å². The Bertz CT molecular complexity index is 468. The molecule has 0 unspecified atom stereocenters. The Balaban J connectivity index is 1.64. The Morgan fingerprint density at radius 2 is 2.21 bits per heavy atom. The molecule has 1 saturated carbocycles. The second-order valence-electron chi connectivity index (χ2n) is 5.67. The molecule has 19 heavy (non-hydrogen) atoms. The zero-order chi connectivity index (χ0) is 13.3. The Morgan fingerprint density at radius 1 is 1.42 bits per heavy atom. The fraction of sp³-hybridized carbons (Fsp3) is 0.769. The highest BCUT2D eigenvalue weighted by Gasteiger charge is 2.44. The molecule has 5 nitrogen and oxygen atoms in total. The van der Waals surface area contributed by atoms with Gasteiger partial charge in [-0.15, -0.1) is 0 Å². The maximum absolute atomic E-state index is 12.1. The van der Waals surface area contributed by atoms with E-state index in [2.05, 4.69) is 10.1 Å². The summed E-state index contributed by atoms with van der Waals surface area (Å²) in [7, 11) is 0. The fourth-order valence-corrected chi connectivity index (χ4v) is 3.67. The van der Waals surface area contributed by atoms with Crippen LogP contribution in [-0.4, -0.2) is 33.7 Å². The molecule has 1 aromatic rings. The number of rotatable bonds is 4. The third-order valence-corrected chi connectivity index (χ3v) is 4.73. The van der Waals surface area contributed by atoms with Crippen molar-refractivity contribution in [3.63, 3.8) is 0 Å². The van der Waals surface area contributed by atoms with Crippen LogP contribution in [0.2, 0.25) is 0 Å². The van der Waals surface area contributed by atoms with Crippen molar-refractivity contribution in [1.82, 2.24) is 15.0 Å². The summed E-state index contributed by atoms with van der Waals surface area (Å²) in [5.41, 5.74) is 0.249. The second kappa shape index (κ2) is 5.15.